The van der Waals surface area contributed by atoms with Crippen LogP contribution in [0, 0.1) is 11.8 Å². The Kier molecular flexibility index (Phi) is 6.78. The number of benzene rings is 2. The zero-order valence-corrected chi connectivity index (χ0v) is 20.3. The van der Waals surface area contributed by atoms with Gasteiger partial charge in [-0.1, -0.05) is 30.3 Å². The largest absolute Gasteiger partial charge is 0.364 e. The molecule has 188 valence electrons. The number of hydrogen-bond acceptors (Lipinski definition) is 4. The smallest absolute Gasteiger partial charge is 0.265 e. The van der Waals surface area contributed by atoms with Crippen molar-refractivity contribution < 1.29 is 14.4 Å². The van der Waals surface area contributed by atoms with Crippen molar-refractivity contribution in [1.29, 1.82) is 0 Å². The molecule has 1 aliphatic carbocycles. The number of nitrogens with one attached hydrogen (secondary N) is 2. The lowest BCUT2D eigenvalue weighted by atomic mass is 9.81. The summed E-state index contributed by atoms with van der Waals surface area (Å²) in [7, 11) is 0. The predicted octanol–water partition coefficient (Wildman–Crippen LogP) is 3.36. The van der Waals surface area contributed by atoms with Crippen LogP contribution in [0.3, 0.4) is 0 Å². The molecule has 1 saturated heterocycles. The van der Waals surface area contributed by atoms with E-state index in [2.05, 4.69) is 10.3 Å². The van der Waals surface area contributed by atoms with Crippen molar-refractivity contribution in [1.82, 2.24) is 9.88 Å². The molecule has 0 spiro atoms. The summed E-state index contributed by atoms with van der Waals surface area (Å²) in [4.78, 5) is 43.7. The Balaban J connectivity index is 1.39. The SMILES string of the molecule is NCC1CCC(C(=O)N2CCC(c3ccccc3)C2C(=O)Nc2ccc3[nH]c(C(N)=O)cc3c2)CC1. The van der Waals surface area contributed by atoms with Gasteiger partial charge in [-0.05, 0) is 74.4 Å². The number of amides is 3. The van der Waals surface area contributed by atoms with E-state index in [9.17, 15) is 14.4 Å². The average Bonchev–Trinajstić information content (AvgIpc) is 3.54. The van der Waals surface area contributed by atoms with Crippen molar-refractivity contribution in [3.8, 4) is 0 Å². The molecule has 6 N–H and O–H groups in total. The monoisotopic (exact) mass is 487 g/mol. The number of aromatic nitrogens is 1. The van der Waals surface area contributed by atoms with E-state index in [0.29, 0.717) is 30.4 Å². The van der Waals surface area contributed by atoms with E-state index in [4.69, 9.17) is 11.5 Å². The van der Waals surface area contributed by atoms with E-state index < -0.39 is 11.9 Å². The maximum absolute atomic E-state index is 13.7. The Morgan fingerprint density at radius 3 is 2.42 bits per heavy atom. The molecule has 2 heterocycles. The highest BCUT2D eigenvalue weighted by Crippen LogP contribution is 2.38. The third kappa shape index (κ3) is 4.73. The van der Waals surface area contributed by atoms with Gasteiger partial charge in [0.15, 0.2) is 0 Å². The molecule has 2 atom stereocenters. The molecule has 1 aromatic heterocycles. The second kappa shape index (κ2) is 10.1. The highest BCUT2D eigenvalue weighted by Gasteiger charge is 2.44. The molecule has 0 radical (unpaired) electrons. The van der Waals surface area contributed by atoms with Crippen LogP contribution in [0.5, 0.6) is 0 Å². The van der Waals surface area contributed by atoms with Crippen LogP contribution in [0.4, 0.5) is 5.69 Å². The van der Waals surface area contributed by atoms with Crippen LogP contribution in [-0.4, -0.2) is 46.7 Å². The fraction of sp³-hybridized carbons (Fsp3) is 0.393. The van der Waals surface area contributed by atoms with Crippen molar-refractivity contribution in [2.45, 2.75) is 44.1 Å². The molecule has 5 rings (SSSR count). The van der Waals surface area contributed by atoms with E-state index in [-0.39, 0.29) is 23.7 Å². The van der Waals surface area contributed by atoms with Crippen LogP contribution >= 0.6 is 0 Å². The number of carbonyl (C=O) groups is 3. The molecule has 8 nitrogen and oxygen atoms in total. The lowest BCUT2D eigenvalue weighted by Crippen LogP contribution is -2.48. The van der Waals surface area contributed by atoms with Crippen LogP contribution in [0.2, 0.25) is 0 Å². The molecule has 0 bridgehead atoms. The molecule has 2 fully saturated rings. The number of aromatic amines is 1. The molecule has 3 aromatic rings. The minimum absolute atomic E-state index is 0.0546. The first-order valence-corrected chi connectivity index (χ1v) is 12.7. The Labute approximate surface area is 210 Å². The molecule has 1 aliphatic heterocycles. The average molecular weight is 488 g/mol. The normalized spacial score (nSPS) is 24.1. The molecule has 8 heteroatoms. The van der Waals surface area contributed by atoms with Crippen LogP contribution in [0.1, 0.15) is 54.1 Å². The summed E-state index contributed by atoms with van der Waals surface area (Å²) in [5.41, 5.74) is 14.0. The zero-order chi connectivity index (χ0) is 25.2. The molecule has 2 aliphatic rings. The van der Waals surface area contributed by atoms with E-state index in [1.54, 1.807) is 23.1 Å². The fourth-order valence-electron chi connectivity index (χ4n) is 5.85. The predicted molar refractivity (Wildman–Crippen MR) is 139 cm³/mol. The molecule has 1 saturated carbocycles. The Bertz CT molecular complexity index is 1260. The van der Waals surface area contributed by atoms with Gasteiger partial charge >= 0.3 is 0 Å². The number of likely N-dealkylation sites (tertiary alicyclic amines) is 1. The molecular weight excluding hydrogens is 454 g/mol. The van der Waals surface area contributed by atoms with Crippen LogP contribution < -0.4 is 16.8 Å². The number of hydrogen-bond donors (Lipinski definition) is 4. The van der Waals surface area contributed by atoms with Gasteiger partial charge in [-0.25, -0.2) is 0 Å². The quantitative estimate of drug-likeness (QED) is 0.424. The summed E-state index contributed by atoms with van der Waals surface area (Å²) in [5.74, 6) is -0.300. The van der Waals surface area contributed by atoms with Gasteiger partial charge in [0.05, 0.1) is 0 Å². The van der Waals surface area contributed by atoms with Crippen molar-refractivity contribution in [2.75, 3.05) is 18.4 Å². The number of nitrogens with zero attached hydrogens (tertiary/aromatic N) is 1. The number of fused-ring (bicyclic) bond motifs is 1. The maximum atomic E-state index is 13.7. The Morgan fingerprint density at radius 1 is 0.972 bits per heavy atom. The minimum atomic E-state index is -0.588. The van der Waals surface area contributed by atoms with Crippen molar-refractivity contribution in [3.63, 3.8) is 0 Å². The molecule has 3 amide bonds. The van der Waals surface area contributed by atoms with E-state index in [1.165, 1.54) is 0 Å². The van der Waals surface area contributed by atoms with Crippen LogP contribution in [0.25, 0.3) is 10.9 Å². The summed E-state index contributed by atoms with van der Waals surface area (Å²) in [6.07, 6.45) is 4.32. The van der Waals surface area contributed by atoms with Gasteiger partial charge in [-0.15, -0.1) is 0 Å². The maximum Gasteiger partial charge on any atom is 0.265 e. The number of rotatable bonds is 6. The molecule has 36 heavy (non-hydrogen) atoms. The van der Waals surface area contributed by atoms with Gasteiger partial charge in [-0.2, -0.15) is 0 Å². The number of anilines is 1. The lowest BCUT2D eigenvalue weighted by molar-refractivity contribution is -0.141. The number of carbonyl (C=O) groups excluding carboxylic acids is 3. The van der Waals surface area contributed by atoms with Crippen molar-refractivity contribution in [2.24, 2.45) is 23.3 Å². The van der Waals surface area contributed by atoms with Crippen LogP contribution in [0.15, 0.2) is 54.6 Å². The Hall–Kier alpha value is -3.65. The van der Waals surface area contributed by atoms with Gasteiger partial charge in [0.2, 0.25) is 11.8 Å². The van der Waals surface area contributed by atoms with Gasteiger partial charge in [0, 0.05) is 35.0 Å². The highest BCUT2D eigenvalue weighted by atomic mass is 16.2. The third-order valence-electron chi connectivity index (χ3n) is 7.86. The molecule has 2 aromatic carbocycles. The highest BCUT2D eigenvalue weighted by molar-refractivity contribution is 6.01. The van der Waals surface area contributed by atoms with Gasteiger partial charge in [0.1, 0.15) is 11.7 Å². The van der Waals surface area contributed by atoms with E-state index >= 15 is 0 Å². The summed E-state index contributed by atoms with van der Waals surface area (Å²) in [5, 5.41) is 3.81. The summed E-state index contributed by atoms with van der Waals surface area (Å²) in [6.45, 7) is 1.23. The second-order valence-electron chi connectivity index (χ2n) is 10.1. The van der Waals surface area contributed by atoms with Gasteiger partial charge in [-0.3, -0.25) is 14.4 Å². The zero-order valence-electron chi connectivity index (χ0n) is 20.3. The topological polar surface area (TPSA) is 134 Å². The fourth-order valence-corrected chi connectivity index (χ4v) is 5.85. The first-order valence-electron chi connectivity index (χ1n) is 12.7. The molecule has 2 unspecified atom stereocenters. The van der Waals surface area contributed by atoms with E-state index in [1.807, 2.05) is 36.4 Å². The van der Waals surface area contributed by atoms with Gasteiger partial charge < -0.3 is 26.7 Å². The lowest BCUT2D eigenvalue weighted by Gasteiger charge is -2.33. The number of primary amides is 1. The minimum Gasteiger partial charge on any atom is -0.364 e. The van der Waals surface area contributed by atoms with Crippen molar-refractivity contribution >= 4 is 34.3 Å². The Morgan fingerprint density at radius 2 is 1.72 bits per heavy atom. The van der Waals surface area contributed by atoms with E-state index in [0.717, 1.165) is 48.6 Å². The van der Waals surface area contributed by atoms with Crippen molar-refractivity contribution in [3.05, 3.63) is 65.9 Å². The summed E-state index contributed by atoms with van der Waals surface area (Å²) < 4.78 is 0. The third-order valence-corrected chi connectivity index (χ3v) is 7.86. The first-order chi connectivity index (χ1) is 17.4. The van der Waals surface area contributed by atoms with Crippen LogP contribution in [-0.2, 0) is 9.59 Å². The van der Waals surface area contributed by atoms with Gasteiger partial charge in [0.25, 0.3) is 5.91 Å². The molecular formula is C28H33N5O3. The second-order valence-corrected chi connectivity index (χ2v) is 10.1. The summed E-state index contributed by atoms with van der Waals surface area (Å²) in [6, 6.07) is 16.4. The standard InChI is InChI=1S/C28H33N5O3/c29-16-17-6-8-19(9-7-17)28(36)33-13-12-22(18-4-2-1-3-5-18)25(33)27(35)31-21-10-11-23-20(14-21)15-24(32-23)26(30)34/h1-5,10-11,14-15,17,19,22,25,32H,6-9,12-13,16,29H2,(H2,30,34)(H,31,35). The number of nitrogens with two attached hydrogens (primary N) is 2. The first kappa shape index (κ1) is 24.1. The number of H-pyrrole nitrogens is 1. The summed E-state index contributed by atoms with van der Waals surface area (Å²) >= 11 is 0.